The molecule has 0 bridgehead atoms. The molecule has 1 aromatic heterocycles. The van der Waals surface area contributed by atoms with Crippen LogP contribution >= 0.6 is 11.8 Å². The number of hydrogen-bond acceptors (Lipinski definition) is 4. The summed E-state index contributed by atoms with van der Waals surface area (Å²) in [5.74, 6) is 0.318. The van der Waals surface area contributed by atoms with Crippen LogP contribution in [0.15, 0.2) is 78.0 Å². The van der Waals surface area contributed by atoms with Gasteiger partial charge in [-0.3, -0.25) is 9.36 Å². The number of amides is 1. The van der Waals surface area contributed by atoms with Gasteiger partial charge in [0.2, 0.25) is 5.91 Å². The van der Waals surface area contributed by atoms with E-state index in [0.29, 0.717) is 16.7 Å². The van der Waals surface area contributed by atoms with Crippen LogP contribution in [0.1, 0.15) is 11.1 Å². The first-order valence-electron chi connectivity index (χ1n) is 9.77. The van der Waals surface area contributed by atoms with Crippen molar-refractivity contribution < 1.29 is 9.18 Å². The Morgan fingerprint density at radius 3 is 2.42 bits per heavy atom. The smallest absolute Gasteiger partial charge is 0.234 e. The minimum atomic E-state index is -0.345. The summed E-state index contributed by atoms with van der Waals surface area (Å²) >= 11 is 1.30. The van der Waals surface area contributed by atoms with E-state index in [4.69, 9.17) is 0 Å². The fourth-order valence-electron chi connectivity index (χ4n) is 3.12. The van der Waals surface area contributed by atoms with Crippen molar-refractivity contribution in [1.29, 1.82) is 0 Å². The van der Waals surface area contributed by atoms with Gasteiger partial charge in [-0.2, -0.15) is 0 Å². The van der Waals surface area contributed by atoms with Gasteiger partial charge < -0.3 is 5.32 Å². The van der Waals surface area contributed by atoms with E-state index in [1.165, 1.54) is 36.0 Å². The molecular weight excluding hydrogens is 411 g/mol. The Bertz CT molecular complexity index is 1200. The minimum absolute atomic E-state index is 0.148. The Morgan fingerprint density at radius 2 is 1.71 bits per heavy atom. The number of carbonyl (C=O) groups is 1. The number of anilines is 1. The molecule has 4 rings (SSSR count). The molecule has 0 aliphatic heterocycles. The van der Waals surface area contributed by atoms with Crippen LogP contribution in [0.5, 0.6) is 0 Å². The maximum atomic E-state index is 13.1. The zero-order valence-corrected chi connectivity index (χ0v) is 18.0. The zero-order chi connectivity index (χ0) is 21.8. The molecule has 1 N–H and O–H groups in total. The fraction of sp³-hybridized carbons (Fsp3) is 0.125. The molecule has 0 unspecified atom stereocenters. The lowest BCUT2D eigenvalue weighted by Crippen LogP contribution is -2.14. The highest BCUT2D eigenvalue weighted by Crippen LogP contribution is 2.28. The molecule has 0 aliphatic carbocycles. The number of rotatable bonds is 6. The Labute approximate surface area is 184 Å². The van der Waals surface area contributed by atoms with Crippen LogP contribution < -0.4 is 5.32 Å². The summed E-state index contributed by atoms with van der Waals surface area (Å²) in [7, 11) is 0. The van der Waals surface area contributed by atoms with E-state index in [0.717, 1.165) is 22.4 Å². The molecule has 4 aromatic rings. The van der Waals surface area contributed by atoms with Crippen LogP contribution in [-0.4, -0.2) is 26.4 Å². The molecule has 0 saturated carbocycles. The van der Waals surface area contributed by atoms with Crippen molar-refractivity contribution in [1.82, 2.24) is 14.8 Å². The number of aryl methyl sites for hydroxylation is 2. The van der Waals surface area contributed by atoms with Crippen molar-refractivity contribution in [2.45, 2.75) is 19.0 Å². The molecule has 0 saturated heterocycles. The lowest BCUT2D eigenvalue weighted by atomic mass is 10.1. The third kappa shape index (κ3) is 5.00. The molecule has 5 nitrogen and oxygen atoms in total. The average molecular weight is 433 g/mol. The van der Waals surface area contributed by atoms with Gasteiger partial charge in [-0.05, 0) is 56.3 Å². The van der Waals surface area contributed by atoms with E-state index in [2.05, 4.69) is 21.6 Å². The maximum Gasteiger partial charge on any atom is 0.234 e. The lowest BCUT2D eigenvalue weighted by molar-refractivity contribution is -0.113. The topological polar surface area (TPSA) is 59.8 Å². The largest absolute Gasteiger partial charge is 0.325 e. The van der Waals surface area contributed by atoms with Crippen LogP contribution in [0.3, 0.4) is 0 Å². The van der Waals surface area contributed by atoms with Gasteiger partial charge in [0.1, 0.15) is 5.82 Å². The van der Waals surface area contributed by atoms with Crippen molar-refractivity contribution in [2.24, 2.45) is 0 Å². The second kappa shape index (κ2) is 9.14. The van der Waals surface area contributed by atoms with Gasteiger partial charge in [0.15, 0.2) is 11.0 Å². The number of thioether (sulfide) groups is 1. The van der Waals surface area contributed by atoms with E-state index in [9.17, 15) is 9.18 Å². The minimum Gasteiger partial charge on any atom is -0.325 e. The normalized spacial score (nSPS) is 10.8. The summed E-state index contributed by atoms with van der Waals surface area (Å²) in [5, 5.41) is 12.2. The van der Waals surface area contributed by atoms with Gasteiger partial charge in [0.25, 0.3) is 0 Å². The summed E-state index contributed by atoms with van der Waals surface area (Å²) < 4.78 is 15.0. The summed E-state index contributed by atoms with van der Waals surface area (Å²) in [6.07, 6.45) is 0. The molecule has 0 spiro atoms. The predicted molar refractivity (Wildman–Crippen MR) is 122 cm³/mol. The number of hydrogen-bond donors (Lipinski definition) is 1. The molecule has 31 heavy (non-hydrogen) atoms. The number of carbonyl (C=O) groups excluding carboxylic acids is 1. The van der Waals surface area contributed by atoms with Crippen molar-refractivity contribution in [2.75, 3.05) is 11.1 Å². The van der Waals surface area contributed by atoms with Crippen molar-refractivity contribution in [3.63, 3.8) is 0 Å². The molecule has 1 heterocycles. The van der Waals surface area contributed by atoms with Crippen molar-refractivity contribution in [3.05, 3.63) is 89.7 Å². The average Bonchev–Trinajstić information content (AvgIpc) is 3.18. The molecule has 7 heteroatoms. The van der Waals surface area contributed by atoms with E-state index in [1.54, 1.807) is 0 Å². The van der Waals surface area contributed by atoms with Gasteiger partial charge >= 0.3 is 0 Å². The third-order valence-corrected chi connectivity index (χ3v) is 5.59. The number of halogens is 1. The van der Waals surface area contributed by atoms with Crippen LogP contribution in [0.25, 0.3) is 17.1 Å². The first kappa shape index (κ1) is 20.8. The van der Waals surface area contributed by atoms with Crippen LogP contribution in [0, 0.1) is 19.7 Å². The van der Waals surface area contributed by atoms with E-state index < -0.39 is 0 Å². The van der Waals surface area contributed by atoms with Crippen molar-refractivity contribution in [3.8, 4) is 17.1 Å². The highest BCUT2D eigenvalue weighted by molar-refractivity contribution is 7.99. The first-order chi connectivity index (χ1) is 15.0. The summed E-state index contributed by atoms with van der Waals surface area (Å²) in [5.41, 5.74) is 4.71. The maximum absolute atomic E-state index is 13.1. The molecule has 1 amide bonds. The Hall–Kier alpha value is -3.45. The summed E-state index contributed by atoms with van der Waals surface area (Å²) in [6.45, 7) is 4.07. The standard InChI is InChI=1S/C24H21FN4OS/c1-16-6-12-21(13-7-16)29-23(18-5-3-4-17(2)14-18)27-28-24(29)31-15-22(30)26-20-10-8-19(25)9-11-20/h3-14H,15H2,1-2H3,(H,26,30). The Balaban J connectivity index is 1.60. The molecule has 156 valence electrons. The number of nitrogens with one attached hydrogen (secondary N) is 1. The Kier molecular flexibility index (Phi) is 6.13. The molecular formula is C24H21FN4OS. The summed E-state index contributed by atoms with van der Waals surface area (Å²) in [4.78, 5) is 12.4. The first-order valence-corrected chi connectivity index (χ1v) is 10.8. The van der Waals surface area contributed by atoms with Gasteiger partial charge in [-0.25, -0.2) is 4.39 Å². The lowest BCUT2D eigenvalue weighted by Gasteiger charge is -2.11. The van der Waals surface area contributed by atoms with Gasteiger partial charge in [-0.15, -0.1) is 10.2 Å². The van der Waals surface area contributed by atoms with Gasteiger partial charge in [-0.1, -0.05) is 53.2 Å². The number of nitrogens with zero attached hydrogens (tertiary/aromatic N) is 3. The number of aromatic nitrogens is 3. The SMILES string of the molecule is Cc1ccc(-n2c(SCC(=O)Nc3ccc(F)cc3)nnc2-c2cccc(C)c2)cc1. The summed E-state index contributed by atoms with van der Waals surface area (Å²) in [6, 6.07) is 21.9. The molecule has 0 radical (unpaired) electrons. The predicted octanol–water partition coefficient (Wildman–Crippen LogP) is 5.42. The Morgan fingerprint density at radius 1 is 0.968 bits per heavy atom. The molecule has 0 atom stereocenters. The van der Waals surface area contributed by atoms with Gasteiger partial charge in [0.05, 0.1) is 5.75 Å². The highest BCUT2D eigenvalue weighted by Gasteiger charge is 2.17. The van der Waals surface area contributed by atoms with E-state index in [-0.39, 0.29) is 17.5 Å². The fourth-order valence-corrected chi connectivity index (χ4v) is 3.87. The highest BCUT2D eigenvalue weighted by atomic mass is 32.2. The zero-order valence-electron chi connectivity index (χ0n) is 17.2. The van der Waals surface area contributed by atoms with Crippen molar-refractivity contribution >= 4 is 23.4 Å². The van der Waals surface area contributed by atoms with Gasteiger partial charge in [0, 0.05) is 16.9 Å². The second-order valence-corrected chi connectivity index (χ2v) is 8.13. The molecule has 3 aromatic carbocycles. The van der Waals surface area contributed by atoms with Crippen LogP contribution in [-0.2, 0) is 4.79 Å². The quantitative estimate of drug-likeness (QED) is 0.413. The molecule has 0 aliphatic rings. The second-order valence-electron chi connectivity index (χ2n) is 7.19. The number of benzene rings is 3. The van der Waals surface area contributed by atoms with E-state index in [1.807, 2.05) is 60.9 Å². The molecule has 0 fully saturated rings. The monoisotopic (exact) mass is 432 g/mol. The third-order valence-electron chi connectivity index (χ3n) is 4.66. The van der Waals surface area contributed by atoms with Crippen LogP contribution in [0.2, 0.25) is 0 Å². The van der Waals surface area contributed by atoms with Crippen LogP contribution in [0.4, 0.5) is 10.1 Å². The van der Waals surface area contributed by atoms with E-state index >= 15 is 0 Å².